The first kappa shape index (κ1) is 28.9. The monoisotopic (exact) mass is 569 g/mol. The number of halogens is 7. The molecule has 0 radical (unpaired) electrons. The lowest BCUT2D eigenvalue weighted by Crippen LogP contribution is -2.53. The number of carbonyl (C=O) groups excluding carboxylic acids is 2. The number of alkyl halides is 7. The third-order valence-corrected chi connectivity index (χ3v) is 10.7. The molecule has 8 atom stereocenters. The molecule has 39 heavy (non-hydrogen) atoms. The van der Waals surface area contributed by atoms with E-state index < -0.39 is 42.2 Å². The average Bonchev–Trinajstić information content (AvgIpc) is 3.08. The van der Waals surface area contributed by atoms with E-state index in [1.165, 1.54) is 6.92 Å². The molecule has 0 heterocycles. The Morgan fingerprint density at radius 3 is 2.31 bits per heavy atom. The van der Waals surface area contributed by atoms with Crippen LogP contribution in [0.15, 0.2) is 11.1 Å². The van der Waals surface area contributed by atoms with E-state index in [1.807, 2.05) is 6.92 Å². The third-order valence-electron chi connectivity index (χ3n) is 10.7. The first-order valence-corrected chi connectivity index (χ1v) is 13.9. The second-order valence-corrected chi connectivity index (χ2v) is 12.9. The quantitative estimate of drug-likeness (QED) is 0.238. The Labute approximate surface area is 226 Å². The Morgan fingerprint density at radius 2 is 1.72 bits per heavy atom. The molecule has 3 saturated carbocycles. The van der Waals surface area contributed by atoms with Crippen LogP contribution in [0.25, 0.3) is 0 Å². The summed E-state index contributed by atoms with van der Waals surface area (Å²) in [6, 6.07) is 0. The van der Waals surface area contributed by atoms with Crippen molar-refractivity contribution < 1.29 is 46.4 Å². The zero-order chi connectivity index (χ0) is 30.1. The second kappa shape index (κ2) is 10.0. The van der Waals surface area contributed by atoms with Crippen LogP contribution in [0.5, 0.6) is 0 Å². The van der Waals surface area contributed by atoms with E-state index in [-0.39, 0.29) is 47.9 Å². The van der Waals surface area contributed by atoms with Crippen molar-refractivity contribution in [1.82, 2.24) is 0 Å². The Hall–Kier alpha value is -1.61. The van der Waals surface area contributed by atoms with E-state index in [2.05, 4.69) is 6.92 Å². The van der Waals surface area contributed by atoms with Crippen LogP contribution in [-0.2, 0) is 14.3 Å². The molecule has 0 aliphatic heterocycles. The molecule has 0 spiro atoms. The Balaban J connectivity index is 1.53. The molecule has 0 aromatic heterocycles. The van der Waals surface area contributed by atoms with Gasteiger partial charge in [0.1, 0.15) is 6.10 Å². The molecule has 0 amide bonds. The van der Waals surface area contributed by atoms with E-state index in [0.717, 1.165) is 49.7 Å². The first-order chi connectivity index (χ1) is 18.2. The fraction of sp³-hybridized carbons (Fsp3) is 0.862. The third kappa shape index (κ3) is 5.04. The van der Waals surface area contributed by atoms with Gasteiger partial charge in [-0.1, -0.05) is 32.8 Å². The minimum atomic E-state index is -6.18. The second-order valence-electron chi connectivity index (χ2n) is 12.9. The number of ether oxygens (including phenoxy) is 1. The van der Waals surface area contributed by atoms with Gasteiger partial charge in [-0.15, -0.1) is 0 Å². The maximum Gasteiger partial charge on any atom is 0.431 e. The van der Waals surface area contributed by atoms with Crippen molar-refractivity contribution in [3.8, 4) is 0 Å². The Morgan fingerprint density at radius 1 is 1.08 bits per heavy atom. The van der Waals surface area contributed by atoms with Gasteiger partial charge in [0, 0.05) is 20.3 Å². The number of esters is 1. The summed E-state index contributed by atoms with van der Waals surface area (Å²) >= 11 is 0. The van der Waals surface area contributed by atoms with Gasteiger partial charge in [-0.25, -0.2) is 4.39 Å². The fourth-order valence-electron chi connectivity index (χ4n) is 8.60. The number of Topliss-reactive ketones (excluding diaryl/α,β-unsaturated/α-hetero) is 1. The van der Waals surface area contributed by atoms with Crippen LogP contribution < -0.4 is 0 Å². The molecule has 222 valence electrons. The normalized spacial score (nSPS) is 37.4. The van der Waals surface area contributed by atoms with Crippen molar-refractivity contribution in [2.45, 2.75) is 122 Å². The molecule has 0 aromatic rings. The van der Waals surface area contributed by atoms with E-state index in [0.29, 0.717) is 12.3 Å². The standard InChI is InChI=1S/C29H39F7O3/c1-16(6-5-11-27(30,28(31,32)33)29(34,35)36)22-15-23(38)24-20-8-7-18-14-19(39-17(2)37)9-12-25(18,3)21(20)10-13-26(22,24)4/h16,18-19,21-22H,5-15H2,1-4H3/t16-,18+,19+,21+,22-,25+,26-/m1/s1/i5D/t5-,16+,18-,19-,21-,22+,25-,26+/m0. The van der Waals surface area contributed by atoms with Gasteiger partial charge in [-0.3, -0.25) is 9.59 Å². The van der Waals surface area contributed by atoms with Crippen LogP contribution in [-0.4, -0.2) is 35.9 Å². The summed E-state index contributed by atoms with van der Waals surface area (Å²) in [5.41, 5.74) is -4.17. The topological polar surface area (TPSA) is 43.4 Å². The molecule has 3 nitrogen and oxygen atoms in total. The summed E-state index contributed by atoms with van der Waals surface area (Å²) in [5, 5.41) is 0. The summed E-state index contributed by atoms with van der Waals surface area (Å²) in [7, 11) is 0. The van der Waals surface area contributed by atoms with Crippen molar-refractivity contribution in [3.05, 3.63) is 11.1 Å². The first-order valence-electron chi connectivity index (χ1n) is 14.5. The Kier molecular flexibility index (Phi) is 7.44. The summed E-state index contributed by atoms with van der Waals surface area (Å²) < 4.78 is 106. The highest BCUT2D eigenvalue weighted by atomic mass is 19.4. The molecular weight excluding hydrogens is 529 g/mol. The fourth-order valence-corrected chi connectivity index (χ4v) is 8.60. The lowest BCUT2D eigenvalue weighted by molar-refractivity contribution is -0.343. The summed E-state index contributed by atoms with van der Waals surface area (Å²) in [4.78, 5) is 25.0. The largest absolute Gasteiger partial charge is 0.463 e. The molecule has 0 saturated heterocycles. The lowest BCUT2D eigenvalue weighted by atomic mass is 9.48. The number of fused-ring (bicyclic) bond motifs is 4. The SMILES string of the molecule is [2H][C@@H](C[C@@H](C)[C@H]1CC(=O)C2=C3CC[C@H]4C[C@@H](OC(C)=O)CC[C@]4(C)[C@H]3CC[C@@]21C)CC(F)(C(F)(F)F)C(F)(F)F. The van der Waals surface area contributed by atoms with Gasteiger partial charge in [0.2, 0.25) is 0 Å². The molecular formula is C29H39F7O3. The highest BCUT2D eigenvalue weighted by molar-refractivity contribution is 6.00. The van der Waals surface area contributed by atoms with Crippen molar-refractivity contribution >= 4 is 11.8 Å². The smallest absolute Gasteiger partial charge is 0.431 e. The number of carbonyl (C=O) groups is 2. The predicted molar refractivity (Wildman–Crippen MR) is 130 cm³/mol. The van der Waals surface area contributed by atoms with E-state index in [1.54, 1.807) is 6.92 Å². The van der Waals surface area contributed by atoms with Gasteiger partial charge >= 0.3 is 18.3 Å². The maximum absolute atomic E-state index is 14.3. The van der Waals surface area contributed by atoms with Gasteiger partial charge in [0.25, 0.3) is 5.67 Å². The number of allylic oxidation sites excluding steroid dienone is 2. The van der Waals surface area contributed by atoms with Crippen molar-refractivity contribution in [2.75, 3.05) is 0 Å². The molecule has 4 aliphatic carbocycles. The molecule has 3 fully saturated rings. The molecule has 0 N–H and O–H groups in total. The summed E-state index contributed by atoms with van der Waals surface area (Å²) in [6.07, 6.45) is -11.2. The number of rotatable bonds is 6. The van der Waals surface area contributed by atoms with Gasteiger partial charge < -0.3 is 4.74 Å². The van der Waals surface area contributed by atoms with Crippen molar-refractivity contribution in [2.24, 2.45) is 34.5 Å². The maximum atomic E-state index is 14.3. The van der Waals surface area contributed by atoms with Crippen LogP contribution in [0.4, 0.5) is 30.7 Å². The highest BCUT2D eigenvalue weighted by Gasteiger charge is 2.71. The minimum absolute atomic E-state index is 0.0262. The van der Waals surface area contributed by atoms with E-state index >= 15 is 0 Å². The summed E-state index contributed by atoms with van der Waals surface area (Å²) in [5.74, 6) is -0.652. The van der Waals surface area contributed by atoms with Crippen LogP contribution in [0.3, 0.4) is 0 Å². The van der Waals surface area contributed by atoms with Gasteiger partial charge in [-0.2, -0.15) is 26.3 Å². The molecule has 0 unspecified atom stereocenters. The summed E-state index contributed by atoms with van der Waals surface area (Å²) in [6.45, 7) is 7.28. The van der Waals surface area contributed by atoms with Crippen LogP contribution >= 0.6 is 0 Å². The number of hydrogen-bond acceptors (Lipinski definition) is 3. The molecule has 10 heteroatoms. The van der Waals surface area contributed by atoms with Crippen molar-refractivity contribution in [1.29, 1.82) is 0 Å². The number of hydrogen-bond donors (Lipinski definition) is 0. The Bertz CT molecular complexity index is 1040. The number of ketones is 1. The van der Waals surface area contributed by atoms with Crippen molar-refractivity contribution in [3.63, 3.8) is 0 Å². The zero-order valence-corrected chi connectivity index (χ0v) is 22.9. The van der Waals surface area contributed by atoms with E-state index in [9.17, 15) is 40.3 Å². The van der Waals surface area contributed by atoms with Crippen LogP contribution in [0.1, 0.15) is 99.7 Å². The predicted octanol–water partition coefficient (Wildman–Crippen LogP) is 8.46. The van der Waals surface area contributed by atoms with Gasteiger partial charge in [0.15, 0.2) is 5.78 Å². The highest BCUT2D eigenvalue weighted by Crippen LogP contribution is 2.65. The van der Waals surface area contributed by atoms with Crippen LogP contribution in [0, 0.1) is 34.5 Å². The molecule has 0 aromatic carbocycles. The molecule has 4 rings (SSSR count). The van der Waals surface area contributed by atoms with Gasteiger partial charge in [0.05, 0.1) is 0 Å². The van der Waals surface area contributed by atoms with E-state index in [4.69, 9.17) is 6.11 Å². The minimum Gasteiger partial charge on any atom is -0.463 e. The molecule has 0 bridgehead atoms. The van der Waals surface area contributed by atoms with Gasteiger partial charge in [-0.05, 0) is 92.3 Å². The molecule has 4 aliphatic rings. The van der Waals surface area contributed by atoms with Crippen LogP contribution in [0.2, 0.25) is 0 Å². The zero-order valence-electron chi connectivity index (χ0n) is 23.9. The average molecular weight is 570 g/mol. The lowest BCUT2D eigenvalue weighted by Gasteiger charge is -2.56.